The molecule has 0 aliphatic carbocycles. The monoisotopic (exact) mass is 285 g/mol. The maximum atomic E-state index is 6.06. The zero-order chi connectivity index (χ0) is 14.1. The Morgan fingerprint density at radius 2 is 2.00 bits per heavy atom. The highest BCUT2D eigenvalue weighted by atomic mass is 35.5. The van der Waals surface area contributed by atoms with Crippen LogP contribution in [0.1, 0.15) is 18.5 Å². The molecule has 0 fully saturated rings. The Morgan fingerprint density at radius 1 is 1.25 bits per heavy atom. The van der Waals surface area contributed by atoms with Gasteiger partial charge in [-0.3, -0.25) is 0 Å². The number of halogens is 1. The van der Waals surface area contributed by atoms with E-state index < -0.39 is 0 Å². The minimum atomic E-state index is 0.224. The molecular formula is C16H16ClN3. The molecular weight excluding hydrogens is 270 g/mol. The van der Waals surface area contributed by atoms with Crippen LogP contribution in [0.15, 0.2) is 48.7 Å². The van der Waals surface area contributed by atoms with E-state index in [9.17, 15) is 0 Å². The van der Waals surface area contributed by atoms with E-state index in [0.717, 1.165) is 22.6 Å². The van der Waals surface area contributed by atoms with E-state index in [1.807, 2.05) is 36.5 Å². The SMILES string of the molecule is CC(CN)c1c(-c2ccccc2)nc2cc(Cl)ccn12. The normalized spacial score (nSPS) is 12.8. The summed E-state index contributed by atoms with van der Waals surface area (Å²) in [5.41, 5.74) is 9.92. The lowest BCUT2D eigenvalue weighted by Crippen LogP contribution is -2.12. The van der Waals surface area contributed by atoms with Crippen LogP contribution in [0.5, 0.6) is 0 Å². The summed E-state index contributed by atoms with van der Waals surface area (Å²) in [7, 11) is 0. The second-order valence-corrected chi connectivity index (χ2v) is 5.36. The van der Waals surface area contributed by atoms with E-state index in [1.54, 1.807) is 0 Å². The van der Waals surface area contributed by atoms with Crippen molar-refractivity contribution in [3.63, 3.8) is 0 Å². The van der Waals surface area contributed by atoms with E-state index in [-0.39, 0.29) is 5.92 Å². The molecule has 4 heteroatoms. The fraction of sp³-hybridized carbons (Fsp3) is 0.188. The van der Waals surface area contributed by atoms with Crippen LogP contribution in [-0.2, 0) is 0 Å². The molecule has 2 N–H and O–H groups in total. The molecule has 0 radical (unpaired) electrons. The lowest BCUT2D eigenvalue weighted by atomic mass is 10.0. The number of aromatic nitrogens is 2. The van der Waals surface area contributed by atoms with Gasteiger partial charge < -0.3 is 10.1 Å². The van der Waals surface area contributed by atoms with E-state index >= 15 is 0 Å². The average Bonchev–Trinajstić information content (AvgIpc) is 2.85. The first-order chi connectivity index (χ1) is 9.70. The van der Waals surface area contributed by atoms with Crippen LogP contribution in [0.2, 0.25) is 5.02 Å². The van der Waals surface area contributed by atoms with Crippen molar-refractivity contribution in [2.75, 3.05) is 6.54 Å². The number of hydrogen-bond acceptors (Lipinski definition) is 2. The van der Waals surface area contributed by atoms with Gasteiger partial charge in [-0.25, -0.2) is 4.98 Å². The number of rotatable bonds is 3. The molecule has 2 heterocycles. The molecule has 1 atom stereocenters. The van der Waals surface area contributed by atoms with Crippen LogP contribution in [0, 0.1) is 0 Å². The highest BCUT2D eigenvalue weighted by molar-refractivity contribution is 6.30. The maximum absolute atomic E-state index is 6.06. The quantitative estimate of drug-likeness (QED) is 0.797. The number of hydrogen-bond donors (Lipinski definition) is 1. The summed E-state index contributed by atoms with van der Waals surface area (Å²) in [5, 5.41) is 0.689. The van der Waals surface area contributed by atoms with Gasteiger partial charge in [0.1, 0.15) is 5.65 Å². The molecule has 3 aromatic rings. The first-order valence-corrected chi connectivity index (χ1v) is 7.01. The molecule has 0 amide bonds. The van der Waals surface area contributed by atoms with Crippen LogP contribution >= 0.6 is 11.6 Å². The third-order valence-corrected chi connectivity index (χ3v) is 3.73. The summed E-state index contributed by atoms with van der Waals surface area (Å²) in [6.45, 7) is 2.70. The van der Waals surface area contributed by atoms with Crippen LogP contribution in [0.4, 0.5) is 0 Å². The van der Waals surface area contributed by atoms with E-state index in [4.69, 9.17) is 22.3 Å². The van der Waals surface area contributed by atoms with Gasteiger partial charge in [0.05, 0.1) is 11.4 Å². The van der Waals surface area contributed by atoms with E-state index in [2.05, 4.69) is 23.5 Å². The highest BCUT2D eigenvalue weighted by Gasteiger charge is 2.18. The summed E-state index contributed by atoms with van der Waals surface area (Å²) < 4.78 is 2.08. The van der Waals surface area contributed by atoms with Crippen LogP contribution in [0.25, 0.3) is 16.9 Å². The minimum absolute atomic E-state index is 0.224. The molecule has 1 unspecified atom stereocenters. The van der Waals surface area contributed by atoms with Gasteiger partial charge in [-0.1, -0.05) is 48.9 Å². The Bertz CT molecular complexity index is 734. The summed E-state index contributed by atoms with van der Waals surface area (Å²) in [5.74, 6) is 0.224. The third-order valence-electron chi connectivity index (χ3n) is 3.49. The number of nitrogens with zero attached hydrogens (tertiary/aromatic N) is 2. The van der Waals surface area contributed by atoms with Gasteiger partial charge in [0.15, 0.2) is 0 Å². The molecule has 0 aliphatic heterocycles. The zero-order valence-electron chi connectivity index (χ0n) is 11.3. The first-order valence-electron chi connectivity index (χ1n) is 6.63. The summed E-state index contributed by atoms with van der Waals surface area (Å²) in [6.07, 6.45) is 1.96. The van der Waals surface area contributed by atoms with Crippen molar-refractivity contribution in [2.45, 2.75) is 12.8 Å². The van der Waals surface area contributed by atoms with Crippen molar-refractivity contribution in [2.24, 2.45) is 5.73 Å². The van der Waals surface area contributed by atoms with Crippen molar-refractivity contribution in [1.29, 1.82) is 0 Å². The van der Waals surface area contributed by atoms with Gasteiger partial charge in [0.25, 0.3) is 0 Å². The molecule has 3 nitrogen and oxygen atoms in total. The second kappa shape index (κ2) is 5.27. The second-order valence-electron chi connectivity index (χ2n) is 4.92. The fourth-order valence-corrected chi connectivity index (χ4v) is 2.58. The summed E-state index contributed by atoms with van der Waals surface area (Å²) in [4.78, 5) is 4.74. The lowest BCUT2D eigenvalue weighted by molar-refractivity contribution is 0.738. The predicted molar refractivity (Wildman–Crippen MR) is 83.1 cm³/mol. The van der Waals surface area contributed by atoms with Crippen molar-refractivity contribution >= 4 is 17.2 Å². The lowest BCUT2D eigenvalue weighted by Gasteiger charge is -2.11. The molecule has 0 saturated heterocycles. The van der Waals surface area contributed by atoms with Gasteiger partial charge in [-0.15, -0.1) is 0 Å². The average molecular weight is 286 g/mol. The number of fused-ring (bicyclic) bond motifs is 1. The van der Waals surface area contributed by atoms with Crippen molar-refractivity contribution < 1.29 is 0 Å². The number of nitrogens with two attached hydrogens (primary N) is 1. The third kappa shape index (κ3) is 2.19. The topological polar surface area (TPSA) is 43.3 Å². The smallest absolute Gasteiger partial charge is 0.139 e. The number of imidazole rings is 1. The van der Waals surface area contributed by atoms with E-state index in [0.29, 0.717) is 11.6 Å². The van der Waals surface area contributed by atoms with Crippen LogP contribution in [0.3, 0.4) is 0 Å². The highest BCUT2D eigenvalue weighted by Crippen LogP contribution is 2.30. The largest absolute Gasteiger partial charge is 0.330 e. The van der Waals surface area contributed by atoms with E-state index in [1.165, 1.54) is 0 Å². The van der Waals surface area contributed by atoms with Crippen molar-refractivity contribution in [3.05, 3.63) is 59.4 Å². The fourth-order valence-electron chi connectivity index (χ4n) is 2.43. The summed E-state index contributed by atoms with van der Waals surface area (Å²) >= 11 is 6.06. The number of benzene rings is 1. The Morgan fingerprint density at radius 3 is 2.70 bits per heavy atom. The first kappa shape index (κ1) is 13.2. The minimum Gasteiger partial charge on any atom is -0.330 e. The molecule has 0 bridgehead atoms. The predicted octanol–water partition coefficient (Wildman–Crippen LogP) is 3.72. The van der Waals surface area contributed by atoms with Gasteiger partial charge in [-0.2, -0.15) is 0 Å². The van der Waals surface area contributed by atoms with Crippen LogP contribution in [-0.4, -0.2) is 15.9 Å². The standard InChI is InChI=1S/C16H16ClN3/c1-11(10-18)16-15(12-5-3-2-4-6-12)19-14-9-13(17)7-8-20(14)16/h2-9,11H,10,18H2,1H3. The Balaban J connectivity index is 2.30. The Hall–Kier alpha value is -1.84. The van der Waals surface area contributed by atoms with Crippen LogP contribution < -0.4 is 5.73 Å². The molecule has 0 spiro atoms. The summed E-state index contributed by atoms with van der Waals surface area (Å²) in [6, 6.07) is 13.9. The molecule has 0 aliphatic rings. The molecule has 102 valence electrons. The van der Waals surface area contributed by atoms with Gasteiger partial charge in [0.2, 0.25) is 0 Å². The molecule has 2 aromatic heterocycles. The Labute approximate surface area is 123 Å². The van der Waals surface area contributed by atoms with Crippen molar-refractivity contribution in [3.8, 4) is 11.3 Å². The van der Waals surface area contributed by atoms with Gasteiger partial charge in [0, 0.05) is 35.3 Å². The van der Waals surface area contributed by atoms with Gasteiger partial charge in [-0.05, 0) is 6.07 Å². The zero-order valence-corrected chi connectivity index (χ0v) is 12.0. The number of pyridine rings is 1. The molecule has 0 saturated carbocycles. The Kier molecular flexibility index (Phi) is 3.47. The van der Waals surface area contributed by atoms with Gasteiger partial charge >= 0.3 is 0 Å². The molecule has 20 heavy (non-hydrogen) atoms. The molecule has 1 aromatic carbocycles. The molecule has 3 rings (SSSR count). The maximum Gasteiger partial charge on any atom is 0.139 e. The van der Waals surface area contributed by atoms with Crippen molar-refractivity contribution in [1.82, 2.24) is 9.38 Å².